The summed E-state index contributed by atoms with van der Waals surface area (Å²) in [4.78, 5) is 10.1. The molecule has 0 saturated carbocycles. The second-order valence-electron chi connectivity index (χ2n) is 3.49. The Morgan fingerprint density at radius 1 is 0.750 bits per heavy atom. The van der Waals surface area contributed by atoms with E-state index in [4.69, 9.17) is 0 Å². The molecule has 20 heavy (non-hydrogen) atoms. The first-order valence-corrected chi connectivity index (χ1v) is 6.63. The van der Waals surface area contributed by atoms with Crippen molar-refractivity contribution in [1.82, 2.24) is 0 Å². The molecular formula is C13H6Br2F4O. The molecule has 0 aliphatic rings. The summed E-state index contributed by atoms with van der Waals surface area (Å²) in [7, 11) is 0. The van der Waals surface area contributed by atoms with Gasteiger partial charge < -0.3 is 0 Å². The number of hydrogen-bond donors (Lipinski definition) is 0. The Hall–Kier alpha value is -1.21. The van der Waals surface area contributed by atoms with Crippen molar-refractivity contribution in [3.8, 4) is 0 Å². The first-order chi connectivity index (χ1) is 9.33. The SMILES string of the molecule is Fc1cc(F)cc(Br)c1.O=Cc1c(F)cc(Br)cc1F. The van der Waals surface area contributed by atoms with Gasteiger partial charge in [0, 0.05) is 15.0 Å². The molecule has 0 fully saturated rings. The minimum atomic E-state index is -0.855. The first-order valence-electron chi connectivity index (χ1n) is 5.05. The van der Waals surface area contributed by atoms with E-state index >= 15 is 0 Å². The maximum atomic E-state index is 12.6. The molecule has 0 aliphatic carbocycles. The standard InChI is InChI=1S/C7H3BrF2O.C6H3BrF2/c8-4-1-6(9)5(3-11)7(10)2-4;7-4-1-5(8)3-6(9)2-4/h1-3H;1-3H. The molecular weight excluding hydrogens is 408 g/mol. The molecule has 2 aromatic carbocycles. The van der Waals surface area contributed by atoms with Gasteiger partial charge in [-0.25, -0.2) is 17.6 Å². The normalized spacial score (nSPS) is 9.70. The van der Waals surface area contributed by atoms with Crippen LogP contribution in [0.15, 0.2) is 39.3 Å². The van der Waals surface area contributed by atoms with Crippen molar-refractivity contribution in [2.75, 3.05) is 0 Å². The number of rotatable bonds is 1. The number of benzene rings is 2. The molecule has 0 spiro atoms. The van der Waals surface area contributed by atoms with E-state index in [1.807, 2.05) is 0 Å². The fraction of sp³-hybridized carbons (Fsp3) is 0. The van der Waals surface area contributed by atoms with Gasteiger partial charge in [-0.05, 0) is 24.3 Å². The molecule has 7 heteroatoms. The highest BCUT2D eigenvalue weighted by molar-refractivity contribution is 9.10. The number of halogens is 6. The van der Waals surface area contributed by atoms with Gasteiger partial charge >= 0.3 is 0 Å². The second-order valence-corrected chi connectivity index (χ2v) is 5.32. The summed E-state index contributed by atoms with van der Waals surface area (Å²) < 4.78 is 50.2. The highest BCUT2D eigenvalue weighted by atomic mass is 79.9. The summed E-state index contributed by atoms with van der Waals surface area (Å²) in [5, 5.41) is 0. The Bertz CT molecular complexity index is 558. The molecule has 0 saturated heterocycles. The van der Waals surface area contributed by atoms with Crippen LogP contribution in [0.3, 0.4) is 0 Å². The van der Waals surface area contributed by atoms with E-state index < -0.39 is 28.8 Å². The van der Waals surface area contributed by atoms with Gasteiger partial charge in [0.15, 0.2) is 6.29 Å². The van der Waals surface area contributed by atoms with Gasteiger partial charge in [0.25, 0.3) is 0 Å². The van der Waals surface area contributed by atoms with Crippen LogP contribution < -0.4 is 0 Å². The lowest BCUT2D eigenvalue weighted by molar-refractivity contribution is 0.111. The van der Waals surface area contributed by atoms with E-state index in [2.05, 4.69) is 31.9 Å². The summed E-state index contributed by atoms with van der Waals surface area (Å²) in [6.07, 6.45) is 0.150. The van der Waals surface area contributed by atoms with Crippen LogP contribution in [0.1, 0.15) is 10.4 Å². The van der Waals surface area contributed by atoms with Crippen LogP contribution in [0.5, 0.6) is 0 Å². The Labute approximate surface area is 128 Å². The molecule has 106 valence electrons. The molecule has 0 radical (unpaired) electrons. The van der Waals surface area contributed by atoms with Crippen LogP contribution in [0.2, 0.25) is 0 Å². The first kappa shape index (κ1) is 16.8. The summed E-state index contributed by atoms with van der Waals surface area (Å²) in [5.74, 6) is -2.84. The molecule has 0 N–H and O–H groups in total. The van der Waals surface area contributed by atoms with E-state index in [0.717, 1.165) is 18.2 Å². The van der Waals surface area contributed by atoms with E-state index in [1.54, 1.807) is 0 Å². The van der Waals surface area contributed by atoms with Gasteiger partial charge in [0.05, 0.1) is 5.56 Å². The van der Waals surface area contributed by atoms with Crippen LogP contribution in [0.4, 0.5) is 17.6 Å². The van der Waals surface area contributed by atoms with Crippen molar-refractivity contribution in [2.24, 2.45) is 0 Å². The van der Waals surface area contributed by atoms with Crippen LogP contribution in [-0.4, -0.2) is 6.29 Å². The molecule has 0 amide bonds. The van der Waals surface area contributed by atoms with Crippen molar-refractivity contribution in [1.29, 1.82) is 0 Å². The fourth-order valence-electron chi connectivity index (χ4n) is 1.19. The van der Waals surface area contributed by atoms with Crippen LogP contribution in [-0.2, 0) is 0 Å². The van der Waals surface area contributed by atoms with Gasteiger partial charge in [0.1, 0.15) is 23.3 Å². The van der Waals surface area contributed by atoms with Gasteiger partial charge in [-0.15, -0.1) is 0 Å². The van der Waals surface area contributed by atoms with E-state index in [0.29, 0.717) is 4.47 Å². The maximum absolute atomic E-state index is 12.6. The second kappa shape index (κ2) is 7.54. The third kappa shape index (κ3) is 5.05. The topological polar surface area (TPSA) is 17.1 Å². The molecule has 0 unspecified atom stereocenters. The zero-order valence-corrected chi connectivity index (χ0v) is 12.8. The molecule has 0 aliphatic heterocycles. The molecule has 0 atom stereocenters. The zero-order valence-electron chi connectivity index (χ0n) is 9.64. The molecule has 0 aromatic heterocycles. The lowest BCUT2D eigenvalue weighted by Crippen LogP contribution is -1.92. The average Bonchev–Trinajstić information content (AvgIpc) is 2.26. The zero-order chi connectivity index (χ0) is 15.3. The smallest absolute Gasteiger partial charge is 0.155 e. The molecule has 2 rings (SSSR count). The Morgan fingerprint density at radius 2 is 1.15 bits per heavy atom. The van der Waals surface area contributed by atoms with Gasteiger partial charge in [0.2, 0.25) is 0 Å². The summed E-state index contributed by atoms with van der Waals surface area (Å²) in [5.41, 5.74) is -0.534. The van der Waals surface area contributed by atoms with Crippen LogP contribution in [0, 0.1) is 23.3 Å². The Balaban J connectivity index is 0.000000204. The molecule has 2 aromatic rings. The number of hydrogen-bond acceptors (Lipinski definition) is 1. The Kier molecular flexibility index (Phi) is 6.35. The highest BCUT2D eigenvalue weighted by Gasteiger charge is 2.08. The third-order valence-electron chi connectivity index (χ3n) is 1.99. The van der Waals surface area contributed by atoms with E-state index in [-0.39, 0.29) is 10.8 Å². The fourth-order valence-corrected chi connectivity index (χ4v) is 2.03. The number of carbonyl (C=O) groups is 1. The summed E-state index contributed by atoms with van der Waals surface area (Å²) >= 11 is 5.81. The summed E-state index contributed by atoms with van der Waals surface area (Å²) in [6.45, 7) is 0. The van der Waals surface area contributed by atoms with Crippen molar-refractivity contribution < 1.29 is 22.4 Å². The van der Waals surface area contributed by atoms with Crippen molar-refractivity contribution in [3.05, 3.63) is 68.1 Å². The van der Waals surface area contributed by atoms with Crippen LogP contribution >= 0.6 is 31.9 Å². The van der Waals surface area contributed by atoms with Gasteiger partial charge in [-0.2, -0.15) is 0 Å². The molecule has 1 nitrogen and oxygen atoms in total. The lowest BCUT2D eigenvalue weighted by Gasteiger charge is -1.96. The highest BCUT2D eigenvalue weighted by Crippen LogP contribution is 2.17. The average molecular weight is 414 g/mol. The van der Waals surface area contributed by atoms with Gasteiger partial charge in [-0.3, -0.25) is 4.79 Å². The van der Waals surface area contributed by atoms with Gasteiger partial charge in [-0.1, -0.05) is 31.9 Å². The molecule has 0 heterocycles. The quantitative estimate of drug-likeness (QED) is 0.460. The van der Waals surface area contributed by atoms with E-state index in [9.17, 15) is 22.4 Å². The predicted octanol–water partition coefficient (Wildman–Crippen LogP) is 5.27. The largest absolute Gasteiger partial charge is 0.298 e. The lowest BCUT2D eigenvalue weighted by atomic mass is 10.2. The van der Waals surface area contributed by atoms with E-state index in [1.165, 1.54) is 12.1 Å². The predicted molar refractivity (Wildman–Crippen MR) is 73.5 cm³/mol. The Morgan fingerprint density at radius 3 is 1.50 bits per heavy atom. The monoisotopic (exact) mass is 412 g/mol. The van der Waals surface area contributed by atoms with Crippen molar-refractivity contribution in [2.45, 2.75) is 0 Å². The van der Waals surface area contributed by atoms with Crippen molar-refractivity contribution >= 4 is 38.1 Å². The molecule has 0 bridgehead atoms. The number of carbonyl (C=O) groups excluding carboxylic acids is 1. The van der Waals surface area contributed by atoms with Crippen molar-refractivity contribution in [3.63, 3.8) is 0 Å². The maximum Gasteiger partial charge on any atom is 0.155 e. The third-order valence-corrected chi connectivity index (χ3v) is 2.90. The number of aldehydes is 1. The minimum absolute atomic E-state index is 0.150. The summed E-state index contributed by atoms with van der Waals surface area (Å²) in [6, 6.07) is 5.29. The minimum Gasteiger partial charge on any atom is -0.298 e. The van der Waals surface area contributed by atoms with Crippen LogP contribution in [0.25, 0.3) is 0 Å².